The van der Waals surface area contributed by atoms with Gasteiger partial charge in [-0.05, 0) is 44.4 Å². The minimum atomic E-state index is -0.896. The van der Waals surface area contributed by atoms with E-state index < -0.39 is 11.6 Å². The first-order chi connectivity index (χ1) is 10.00. The first-order valence-corrected chi connectivity index (χ1v) is 7.92. The molecule has 4 amide bonds. The summed E-state index contributed by atoms with van der Waals surface area (Å²) in [5, 5.41) is 5.02. The summed E-state index contributed by atoms with van der Waals surface area (Å²) in [6.07, 6.45) is 5.46. The largest absolute Gasteiger partial charge is 0.340 e. The van der Waals surface area contributed by atoms with E-state index in [9.17, 15) is 14.4 Å². The van der Waals surface area contributed by atoms with Crippen LogP contribution in [0.2, 0.25) is 0 Å². The van der Waals surface area contributed by atoms with E-state index in [0.717, 1.165) is 32.1 Å². The average molecular weight is 293 g/mol. The fraction of sp³-hybridized carbons (Fsp3) is 0.800. The molecule has 3 aliphatic rings. The lowest BCUT2D eigenvalue weighted by Gasteiger charge is -2.40. The van der Waals surface area contributed by atoms with Gasteiger partial charge in [-0.3, -0.25) is 14.9 Å². The molecule has 116 valence electrons. The smallest absolute Gasteiger partial charge is 0.322 e. The fourth-order valence-electron chi connectivity index (χ4n) is 3.82. The number of carbonyl (C=O) groups is 3. The molecule has 0 aromatic carbocycles. The van der Waals surface area contributed by atoms with Crippen molar-refractivity contribution >= 4 is 17.8 Å². The number of urea groups is 1. The summed E-state index contributed by atoms with van der Waals surface area (Å²) in [4.78, 5) is 37.9. The van der Waals surface area contributed by atoms with E-state index in [1.165, 1.54) is 0 Å². The quantitative estimate of drug-likeness (QED) is 0.708. The molecular formula is C15H23N3O3. The average Bonchev–Trinajstić information content (AvgIpc) is 2.73. The van der Waals surface area contributed by atoms with Crippen molar-refractivity contribution in [2.75, 3.05) is 13.1 Å². The van der Waals surface area contributed by atoms with Crippen LogP contribution in [0, 0.1) is 11.8 Å². The van der Waals surface area contributed by atoms with Crippen molar-refractivity contribution in [1.29, 1.82) is 0 Å². The summed E-state index contributed by atoms with van der Waals surface area (Å²) in [5.74, 6) is 0.676. The second-order valence-electron chi connectivity index (χ2n) is 6.81. The van der Waals surface area contributed by atoms with Gasteiger partial charge in [-0.2, -0.15) is 0 Å². The molecule has 2 heterocycles. The third kappa shape index (κ3) is 2.63. The van der Waals surface area contributed by atoms with Crippen molar-refractivity contribution < 1.29 is 14.4 Å². The third-order valence-electron chi connectivity index (χ3n) is 5.18. The van der Waals surface area contributed by atoms with E-state index in [2.05, 4.69) is 17.6 Å². The summed E-state index contributed by atoms with van der Waals surface area (Å²) in [7, 11) is 0. The highest BCUT2D eigenvalue weighted by molar-refractivity contribution is 6.07. The minimum Gasteiger partial charge on any atom is -0.340 e. The normalized spacial score (nSPS) is 36.5. The minimum absolute atomic E-state index is 0.0940. The zero-order valence-electron chi connectivity index (χ0n) is 12.5. The highest BCUT2D eigenvalue weighted by Gasteiger charge is 2.49. The van der Waals surface area contributed by atoms with Crippen LogP contribution in [0.25, 0.3) is 0 Å². The first kappa shape index (κ1) is 14.4. The molecule has 2 N–H and O–H groups in total. The Morgan fingerprint density at radius 2 is 1.95 bits per heavy atom. The molecule has 0 bridgehead atoms. The third-order valence-corrected chi connectivity index (χ3v) is 5.18. The number of nitrogens with one attached hydrogen (secondary N) is 2. The Bertz CT molecular complexity index is 471. The molecule has 0 radical (unpaired) electrons. The van der Waals surface area contributed by atoms with E-state index in [1.807, 2.05) is 0 Å². The fourth-order valence-corrected chi connectivity index (χ4v) is 3.82. The van der Waals surface area contributed by atoms with Crippen LogP contribution in [0.15, 0.2) is 0 Å². The van der Waals surface area contributed by atoms with Crippen molar-refractivity contribution in [2.45, 2.75) is 51.0 Å². The Labute approximate surface area is 124 Å². The monoisotopic (exact) mass is 293 g/mol. The van der Waals surface area contributed by atoms with E-state index in [4.69, 9.17) is 0 Å². The van der Waals surface area contributed by atoms with Crippen LogP contribution >= 0.6 is 0 Å². The number of hydrogen-bond acceptors (Lipinski definition) is 3. The van der Waals surface area contributed by atoms with Gasteiger partial charge in [-0.1, -0.05) is 6.92 Å². The summed E-state index contributed by atoms with van der Waals surface area (Å²) < 4.78 is 0. The lowest BCUT2D eigenvalue weighted by Crippen LogP contribution is -2.60. The van der Waals surface area contributed by atoms with Gasteiger partial charge in [0.05, 0.1) is 6.54 Å². The van der Waals surface area contributed by atoms with Crippen LogP contribution in [-0.4, -0.2) is 41.4 Å². The number of likely N-dealkylation sites (tertiary alicyclic amines) is 1. The van der Waals surface area contributed by atoms with E-state index in [1.54, 1.807) is 4.90 Å². The van der Waals surface area contributed by atoms with Crippen molar-refractivity contribution in [3.05, 3.63) is 0 Å². The van der Waals surface area contributed by atoms with Crippen molar-refractivity contribution in [2.24, 2.45) is 11.8 Å². The van der Waals surface area contributed by atoms with Crippen LogP contribution in [-0.2, 0) is 9.59 Å². The van der Waals surface area contributed by atoms with Gasteiger partial charge < -0.3 is 10.2 Å². The molecule has 21 heavy (non-hydrogen) atoms. The van der Waals surface area contributed by atoms with E-state index >= 15 is 0 Å². The molecular weight excluding hydrogens is 270 g/mol. The highest BCUT2D eigenvalue weighted by atomic mass is 16.2. The molecule has 6 nitrogen and oxygen atoms in total. The summed E-state index contributed by atoms with van der Waals surface area (Å²) in [6.45, 7) is 3.24. The molecule has 2 aliphatic heterocycles. The van der Waals surface area contributed by atoms with Crippen molar-refractivity contribution in [3.63, 3.8) is 0 Å². The zero-order chi connectivity index (χ0) is 15.0. The summed E-state index contributed by atoms with van der Waals surface area (Å²) in [6, 6.07) is -0.444. The molecule has 1 saturated carbocycles. The van der Waals surface area contributed by atoms with Gasteiger partial charge in [-0.15, -0.1) is 0 Å². The SMILES string of the molecule is CC1CCC(C(=O)N2CCCC3(C2)NC(=O)NC3=O)CC1. The number of carbonyl (C=O) groups excluding carboxylic acids is 3. The molecule has 1 spiro atoms. The Morgan fingerprint density at radius 1 is 1.24 bits per heavy atom. The Balaban J connectivity index is 1.67. The molecule has 3 fully saturated rings. The zero-order valence-corrected chi connectivity index (χ0v) is 12.5. The lowest BCUT2D eigenvalue weighted by atomic mass is 9.81. The van der Waals surface area contributed by atoms with Gasteiger partial charge in [0.2, 0.25) is 5.91 Å². The molecule has 1 unspecified atom stereocenters. The maximum atomic E-state index is 12.7. The predicted octanol–water partition coefficient (Wildman–Crippen LogP) is 1.01. The number of rotatable bonds is 1. The molecule has 0 aromatic rings. The van der Waals surface area contributed by atoms with Gasteiger partial charge >= 0.3 is 6.03 Å². The van der Waals surface area contributed by atoms with E-state index in [0.29, 0.717) is 25.4 Å². The Kier molecular flexibility index (Phi) is 3.63. The van der Waals surface area contributed by atoms with Gasteiger partial charge in [0, 0.05) is 12.5 Å². The molecule has 3 rings (SSSR count). The lowest BCUT2D eigenvalue weighted by molar-refractivity contribution is -0.141. The Hall–Kier alpha value is -1.59. The highest BCUT2D eigenvalue weighted by Crippen LogP contribution is 2.32. The van der Waals surface area contributed by atoms with Crippen molar-refractivity contribution in [3.8, 4) is 0 Å². The number of hydrogen-bond donors (Lipinski definition) is 2. The number of nitrogens with zero attached hydrogens (tertiary/aromatic N) is 1. The topological polar surface area (TPSA) is 78.5 Å². The molecule has 1 aliphatic carbocycles. The Morgan fingerprint density at radius 3 is 2.57 bits per heavy atom. The van der Waals surface area contributed by atoms with Gasteiger partial charge in [0.25, 0.3) is 5.91 Å². The molecule has 2 saturated heterocycles. The summed E-state index contributed by atoms with van der Waals surface area (Å²) in [5.41, 5.74) is -0.896. The second-order valence-corrected chi connectivity index (χ2v) is 6.81. The van der Waals surface area contributed by atoms with Crippen molar-refractivity contribution in [1.82, 2.24) is 15.5 Å². The van der Waals surface area contributed by atoms with Gasteiger partial charge in [0.15, 0.2) is 0 Å². The van der Waals surface area contributed by atoms with Crippen LogP contribution in [0.1, 0.15) is 45.4 Å². The van der Waals surface area contributed by atoms with Crippen LogP contribution in [0.3, 0.4) is 0 Å². The molecule has 1 atom stereocenters. The first-order valence-electron chi connectivity index (χ1n) is 7.92. The van der Waals surface area contributed by atoms with Crippen LogP contribution < -0.4 is 10.6 Å². The maximum Gasteiger partial charge on any atom is 0.322 e. The predicted molar refractivity (Wildman–Crippen MR) is 76.3 cm³/mol. The molecule has 6 heteroatoms. The number of piperidine rings is 1. The van der Waals surface area contributed by atoms with Gasteiger partial charge in [-0.25, -0.2) is 4.79 Å². The molecule has 0 aromatic heterocycles. The van der Waals surface area contributed by atoms with Crippen LogP contribution in [0.4, 0.5) is 4.79 Å². The maximum absolute atomic E-state index is 12.7. The summed E-state index contributed by atoms with van der Waals surface area (Å²) >= 11 is 0. The standard InChI is InChI=1S/C15H23N3O3/c1-10-3-5-11(6-4-10)12(19)18-8-2-7-15(9-18)13(20)16-14(21)17-15/h10-11H,2-9H2,1H3,(H2,16,17,20,21). The van der Waals surface area contributed by atoms with E-state index in [-0.39, 0.29) is 17.7 Å². The number of amides is 4. The van der Waals surface area contributed by atoms with Gasteiger partial charge in [0.1, 0.15) is 5.54 Å². The number of imide groups is 1. The van der Waals surface area contributed by atoms with Crippen LogP contribution in [0.5, 0.6) is 0 Å². The second kappa shape index (κ2) is 5.31.